The number of ether oxygens (including phenoxy) is 6. The molecule has 1 aliphatic heterocycles. The highest BCUT2D eigenvalue weighted by atomic mass is 16.7. The first-order valence-electron chi connectivity index (χ1n) is 8.15. The van der Waals surface area contributed by atoms with Crippen LogP contribution in [-0.4, -0.2) is 78.9 Å². The van der Waals surface area contributed by atoms with Gasteiger partial charge in [-0.25, -0.2) is 4.79 Å². The van der Waals surface area contributed by atoms with E-state index in [9.17, 15) is 24.0 Å². The standard InChI is InChI=1S/C16H22O12/c1-7(17)23-5-11-13(25-8(2)18)14(26-9(3)19)15(27-10(4)20)16(28-11)24-6-12(21)22/h11,13-16H,5-6H2,1-4H3,(H,21,22)/t11-,13+,14+,15-,16+/m1/s1. The summed E-state index contributed by atoms with van der Waals surface area (Å²) in [7, 11) is 0. The molecule has 0 aromatic carbocycles. The Morgan fingerprint density at radius 1 is 0.786 bits per heavy atom. The van der Waals surface area contributed by atoms with Gasteiger partial charge in [0.05, 0.1) is 0 Å². The molecule has 1 rings (SSSR count). The van der Waals surface area contributed by atoms with E-state index < -0.39 is 73.8 Å². The van der Waals surface area contributed by atoms with Gasteiger partial charge < -0.3 is 33.5 Å². The predicted octanol–water partition coefficient (Wildman–Crippen LogP) is -0.829. The van der Waals surface area contributed by atoms with Gasteiger partial charge in [0, 0.05) is 27.7 Å². The van der Waals surface area contributed by atoms with E-state index in [1.165, 1.54) is 0 Å². The monoisotopic (exact) mass is 406 g/mol. The summed E-state index contributed by atoms with van der Waals surface area (Å²) < 4.78 is 30.8. The summed E-state index contributed by atoms with van der Waals surface area (Å²) in [5.74, 6) is -4.39. The van der Waals surface area contributed by atoms with Crippen molar-refractivity contribution in [2.45, 2.75) is 58.4 Å². The minimum atomic E-state index is -1.50. The first kappa shape index (κ1) is 23.3. The van der Waals surface area contributed by atoms with E-state index in [0.717, 1.165) is 27.7 Å². The lowest BCUT2D eigenvalue weighted by molar-refractivity contribution is -0.307. The molecule has 5 atom stereocenters. The van der Waals surface area contributed by atoms with Crippen molar-refractivity contribution in [1.82, 2.24) is 0 Å². The third kappa shape index (κ3) is 7.48. The zero-order valence-corrected chi connectivity index (χ0v) is 15.7. The van der Waals surface area contributed by atoms with Crippen LogP contribution in [0.2, 0.25) is 0 Å². The third-order valence-corrected chi connectivity index (χ3v) is 3.32. The molecule has 0 unspecified atom stereocenters. The highest BCUT2D eigenvalue weighted by Crippen LogP contribution is 2.29. The Hall–Kier alpha value is -2.73. The van der Waals surface area contributed by atoms with E-state index in [1.54, 1.807) is 0 Å². The van der Waals surface area contributed by atoms with Gasteiger partial charge in [-0.1, -0.05) is 0 Å². The molecule has 0 amide bonds. The second-order valence-electron chi connectivity index (χ2n) is 5.77. The number of aliphatic carboxylic acids is 1. The average Bonchev–Trinajstić information content (AvgIpc) is 2.54. The number of esters is 4. The Morgan fingerprint density at radius 2 is 1.29 bits per heavy atom. The molecule has 0 aliphatic carbocycles. The molecule has 1 heterocycles. The Balaban J connectivity index is 3.26. The zero-order valence-electron chi connectivity index (χ0n) is 15.7. The fourth-order valence-electron chi connectivity index (χ4n) is 2.48. The van der Waals surface area contributed by atoms with Gasteiger partial charge in [0.2, 0.25) is 0 Å². The Morgan fingerprint density at radius 3 is 1.75 bits per heavy atom. The Labute approximate surface area is 159 Å². The molecule has 0 spiro atoms. The number of carboxylic acids is 1. The third-order valence-electron chi connectivity index (χ3n) is 3.32. The number of hydrogen-bond acceptors (Lipinski definition) is 11. The van der Waals surface area contributed by atoms with Crippen LogP contribution in [0.3, 0.4) is 0 Å². The van der Waals surface area contributed by atoms with Gasteiger partial charge in [-0.05, 0) is 0 Å². The highest BCUT2D eigenvalue weighted by molar-refractivity contribution is 5.69. The van der Waals surface area contributed by atoms with Gasteiger partial charge in [-0.2, -0.15) is 0 Å². The normalized spacial score (nSPS) is 26.6. The summed E-state index contributed by atoms with van der Waals surface area (Å²) in [4.78, 5) is 56.5. The highest BCUT2D eigenvalue weighted by Gasteiger charge is 2.52. The molecule has 1 N–H and O–H groups in total. The van der Waals surface area contributed by atoms with Crippen LogP contribution in [0.4, 0.5) is 0 Å². The minimum Gasteiger partial charge on any atom is -0.480 e. The molecule has 158 valence electrons. The molecule has 0 radical (unpaired) electrons. The van der Waals surface area contributed by atoms with Crippen molar-refractivity contribution >= 4 is 29.8 Å². The molecule has 0 aromatic rings. The molecule has 0 saturated carbocycles. The van der Waals surface area contributed by atoms with Crippen molar-refractivity contribution in [3.05, 3.63) is 0 Å². The molecule has 12 heteroatoms. The van der Waals surface area contributed by atoms with E-state index in [2.05, 4.69) is 0 Å². The van der Waals surface area contributed by atoms with Crippen LogP contribution in [0.5, 0.6) is 0 Å². The van der Waals surface area contributed by atoms with Crippen LogP contribution in [0.25, 0.3) is 0 Å². The maximum absolute atomic E-state index is 11.6. The first-order chi connectivity index (χ1) is 13.0. The van der Waals surface area contributed by atoms with Crippen molar-refractivity contribution in [3.63, 3.8) is 0 Å². The van der Waals surface area contributed by atoms with Crippen molar-refractivity contribution in [2.24, 2.45) is 0 Å². The lowest BCUT2D eigenvalue weighted by atomic mass is 9.98. The number of carbonyl (C=O) groups excluding carboxylic acids is 4. The summed E-state index contributed by atoms with van der Waals surface area (Å²) in [6, 6.07) is 0. The summed E-state index contributed by atoms with van der Waals surface area (Å²) >= 11 is 0. The van der Waals surface area contributed by atoms with Crippen LogP contribution in [0, 0.1) is 0 Å². The molecule has 1 fully saturated rings. The second-order valence-corrected chi connectivity index (χ2v) is 5.77. The summed E-state index contributed by atoms with van der Waals surface area (Å²) in [6.45, 7) is 3.09. The maximum atomic E-state index is 11.6. The van der Waals surface area contributed by atoms with Gasteiger partial charge in [-0.15, -0.1) is 0 Å². The van der Waals surface area contributed by atoms with Crippen LogP contribution < -0.4 is 0 Å². The lowest BCUT2D eigenvalue weighted by Gasteiger charge is -2.43. The number of carboxylic acid groups (broad SMARTS) is 1. The molecule has 28 heavy (non-hydrogen) atoms. The quantitative estimate of drug-likeness (QED) is 0.394. The van der Waals surface area contributed by atoms with E-state index in [0.29, 0.717) is 0 Å². The van der Waals surface area contributed by atoms with Gasteiger partial charge in [0.1, 0.15) is 19.3 Å². The van der Waals surface area contributed by atoms with E-state index in [1.807, 2.05) is 0 Å². The summed E-state index contributed by atoms with van der Waals surface area (Å²) in [6.07, 6.45) is -6.87. The van der Waals surface area contributed by atoms with Gasteiger partial charge >= 0.3 is 29.8 Å². The maximum Gasteiger partial charge on any atom is 0.329 e. The fraction of sp³-hybridized carbons (Fsp3) is 0.688. The zero-order chi connectivity index (χ0) is 21.4. The molecule has 12 nitrogen and oxygen atoms in total. The fourth-order valence-corrected chi connectivity index (χ4v) is 2.48. The summed E-state index contributed by atoms with van der Waals surface area (Å²) in [5, 5.41) is 8.82. The van der Waals surface area contributed by atoms with E-state index in [-0.39, 0.29) is 0 Å². The SMILES string of the molecule is CC(=O)OC[C@H]1O[C@H](OCC(=O)O)[C@H](OC(C)=O)[C@@H](OC(C)=O)[C@H]1OC(C)=O. The van der Waals surface area contributed by atoms with E-state index in [4.69, 9.17) is 33.5 Å². The number of carbonyl (C=O) groups is 5. The van der Waals surface area contributed by atoms with Gasteiger partial charge in [0.15, 0.2) is 24.6 Å². The minimum absolute atomic E-state index is 0.426. The molecule has 0 bridgehead atoms. The molecule has 1 aliphatic rings. The number of rotatable bonds is 8. The predicted molar refractivity (Wildman–Crippen MR) is 85.5 cm³/mol. The van der Waals surface area contributed by atoms with Crippen LogP contribution in [-0.2, 0) is 52.4 Å². The average molecular weight is 406 g/mol. The first-order valence-corrected chi connectivity index (χ1v) is 8.15. The topological polar surface area (TPSA) is 161 Å². The van der Waals surface area contributed by atoms with Crippen molar-refractivity contribution in [2.75, 3.05) is 13.2 Å². The van der Waals surface area contributed by atoms with Crippen LogP contribution >= 0.6 is 0 Å². The van der Waals surface area contributed by atoms with Gasteiger partial charge in [-0.3, -0.25) is 19.2 Å². The van der Waals surface area contributed by atoms with Crippen LogP contribution in [0.15, 0.2) is 0 Å². The summed E-state index contributed by atoms with van der Waals surface area (Å²) in [5.41, 5.74) is 0. The van der Waals surface area contributed by atoms with Crippen LogP contribution in [0.1, 0.15) is 27.7 Å². The molecule has 1 saturated heterocycles. The van der Waals surface area contributed by atoms with Crippen molar-refractivity contribution in [3.8, 4) is 0 Å². The Kier molecular flexibility index (Phi) is 8.79. The van der Waals surface area contributed by atoms with Gasteiger partial charge in [0.25, 0.3) is 0 Å². The Bertz CT molecular complexity index is 571. The lowest BCUT2D eigenvalue weighted by Crippen LogP contribution is -2.63. The molecule has 0 aromatic heterocycles. The number of hydrogen-bond donors (Lipinski definition) is 1. The smallest absolute Gasteiger partial charge is 0.329 e. The molecular weight excluding hydrogens is 384 g/mol. The second kappa shape index (κ2) is 10.6. The van der Waals surface area contributed by atoms with Crippen molar-refractivity contribution < 1.29 is 57.5 Å². The van der Waals surface area contributed by atoms with E-state index >= 15 is 0 Å². The largest absolute Gasteiger partial charge is 0.480 e. The van der Waals surface area contributed by atoms with Crippen molar-refractivity contribution in [1.29, 1.82) is 0 Å². The molecular formula is C16H22O12.